The molecule has 1 aliphatic heterocycles. The van der Waals surface area contributed by atoms with Gasteiger partial charge in [-0.25, -0.2) is 9.37 Å². The van der Waals surface area contributed by atoms with Crippen LogP contribution in [0.25, 0.3) is 0 Å². The van der Waals surface area contributed by atoms with Crippen LogP contribution in [0.2, 0.25) is 5.02 Å². The summed E-state index contributed by atoms with van der Waals surface area (Å²) in [6.07, 6.45) is 4.95. The van der Waals surface area contributed by atoms with Crippen LogP contribution in [0.15, 0.2) is 12.3 Å². The van der Waals surface area contributed by atoms with Crippen LogP contribution in [0.3, 0.4) is 0 Å². The van der Waals surface area contributed by atoms with Gasteiger partial charge in [0.1, 0.15) is 0 Å². The molecule has 0 N–H and O–H groups in total. The molecule has 2 heterocycles. The Kier molecular flexibility index (Phi) is 2.87. The highest BCUT2D eigenvalue weighted by atomic mass is 35.5. The summed E-state index contributed by atoms with van der Waals surface area (Å²) < 4.78 is 13.4. The fraction of sp³-hybridized carbons (Fsp3) is 0.500. The minimum absolute atomic E-state index is 0.320. The van der Waals surface area contributed by atoms with E-state index in [0.29, 0.717) is 10.8 Å². The normalized spacial score (nSPS) is 17.1. The Balaban J connectivity index is 2.22. The summed E-state index contributed by atoms with van der Waals surface area (Å²) in [7, 11) is 0. The van der Waals surface area contributed by atoms with Gasteiger partial charge in [0.25, 0.3) is 0 Å². The monoisotopic (exact) mass is 214 g/mol. The van der Waals surface area contributed by atoms with E-state index in [1.54, 1.807) is 0 Å². The van der Waals surface area contributed by atoms with E-state index in [4.69, 9.17) is 11.6 Å². The van der Waals surface area contributed by atoms with Gasteiger partial charge in [-0.2, -0.15) is 0 Å². The number of halogens is 2. The molecule has 1 saturated heterocycles. The average molecular weight is 215 g/mol. The Morgan fingerprint density at radius 3 is 2.64 bits per heavy atom. The fourth-order valence-electron chi connectivity index (χ4n) is 1.75. The summed E-state index contributed by atoms with van der Waals surface area (Å²) in [5, 5.41) is 0.350. The lowest BCUT2D eigenvalue weighted by molar-refractivity contribution is 0.549. The Morgan fingerprint density at radius 1 is 1.29 bits per heavy atom. The van der Waals surface area contributed by atoms with Crippen LogP contribution in [-0.4, -0.2) is 18.1 Å². The minimum Gasteiger partial charge on any atom is -0.354 e. The molecule has 1 aromatic heterocycles. The molecule has 1 aliphatic rings. The van der Waals surface area contributed by atoms with Crippen molar-refractivity contribution in [3.05, 3.63) is 23.1 Å². The van der Waals surface area contributed by atoms with Gasteiger partial charge in [-0.15, -0.1) is 0 Å². The van der Waals surface area contributed by atoms with E-state index < -0.39 is 0 Å². The predicted molar refractivity (Wildman–Crippen MR) is 55.3 cm³/mol. The van der Waals surface area contributed by atoms with E-state index in [1.807, 2.05) is 4.90 Å². The molecule has 0 aliphatic carbocycles. The lowest BCUT2D eigenvalue weighted by Crippen LogP contribution is -2.30. The maximum atomic E-state index is 13.4. The Labute approximate surface area is 87.7 Å². The smallest absolute Gasteiger partial charge is 0.167 e. The van der Waals surface area contributed by atoms with Gasteiger partial charge in [0.05, 0.1) is 5.02 Å². The summed E-state index contributed by atoms with van der Waals surface area (Å²) in [5.74, 6) is 0.119. The molecule has 0 spiro atoms. The minimum atomic E-state index is -0.320. The zero-order chi connectivity index (χ0) is 9.97. The summed E-state index contributed by atoms with van der Waals surface area (Å²) in [6, 6.07) is 1.32. The first-order chi connectivity index (χ1) is 6.77. The number of hydrogen-bond acceptors (Lipinski definition) is 2. The second-order valence-electron chi connectivity index (χ2n) is 3.51. The first-order valence-electron chi connectivity index (χ1n) is 4.83. The lowest BCUT2D eigenvalue weighted by Gasteiger charge is -2.27. The maximum absolute atomic E-state index is 13.4. The molecule has 76 valence electrons. The standard InChI is InChI=1S/C10H12ClFN2/c11-8-6-9(12)10(13-7-8)14-4-2-1-3-5-14/h6-7H,1-5H2. The van der Waals surface area contributed by atoms with Crippen LogP contribution in [-0.2, 0) is 0 Å². The number of aromatic nitrogens is 1. The fourth-order valence-corrected chi connectivity index (χ4v) is 1.89. The molecule has 2 rings (SSSR count). The number of piperidine rings is 1. The van der Waals surface area contributed by atoms with Crippen molar-refractivity contribution in [3.8, 4) is 0 Å². The van der Waals surface area contributed by atoms with Gasteiger partial charge in [-0.1, -0.05) is 11.6 Å². The number of rotatable bonds is 1. The Hall–Kier alpha value is -0.830. The van der Waals surface area contributed by atoms with E-state index >= 15 is 0 Å². The van der Waals surface area contributed by atoms with Crippen molar-refractivity contribution in [1.29, 1.82) is 0 Å². The summed E-state index contributed by atoms with van der Waals surface area (Å²) >= 11 is 5.63. The zero-order valence-electron chi connectivity index (χ0n) is 7.84. The van der Waals surface area contributed by atoms with Gasteiger partial charge >= 0.3 is 0 Å². The molecule has 1 aromatic rings. The maximum Gasteiger partial charge on any atom is 0.167 e. The van der Waals surface area contributed by atoms with E-state index in [0.717, 1.165) is 25.9 Å². The van der Waals surface area contributed by atoms with E-state index in [-0.39, 0.29) is 5.82 Å². The quantitative estimate of drug-likeness (QED) is 0.715. The molecule has 0 aromatic carbocycles. The summed E-state index contributed by atoms with van der Waals surface area (Å²) in [6.45, 7) is 1.79. The third-order valence-electron chi connectivity index (χ3n) is 2.44. The summed E-state index contributed by atoms with van der Waals surface area (Å²) in [5.41, 5.74) is 0. The van der Waals surface area contributed by atoms with Crippen LogP contribution in [0.5, 0.6) is 0 Å². The van der Waals surface area contributed by atoms with Crippen LogP contribution >= 0.6 is 11.6 Å². The second kappa shape index (κ2) is 4.13. The van der Waals surface area contributed by atoms with E-state index in [9.17, 15) is 4.39 Å². The van der Waals surface area contributed by atoms with Crippen LogP contribution in [0, 0.1) is 5.82 Å². The molecule has 0 atom stereocenters. The average Bonchev–Trinajstić information content (AvgIpc) is 2.19. The van der Waals surface area contributed by atoms with Gasteiger partial charge in [-0.05, 0) is 25.3 Å². The molecule has 0 radical (unpaired) electrons. The molecule has 1 fully saturated rings. The third kappa shape index (κ3) is 1.98. The van der Waals surface area contributed by atoms with Gasteiger partial charge in [0.15, 0.2) is 11.6 Å². The van der Waals surface area contributed by atoms with Crippen molar-refractivity contribution >= 4 is 17.4 Å². The topological polar surface area (TPSA) is 16.1 Å². The van der Waals surface area contributed by atoms with Crippen LogP contribution < -0.4 is 4.90 Å². The zero-order valence-corrected chi connectivity index (χ0v) is 8.60. The van der Waals surface area contributed by atoms with Gasteiger partial charge in [0, 0.05) is 19.3 Å². The van der Waals surface area contributed by atoms with Crippen molar-refractivity contribution < 1.29 is 4.39 Å². The molecule has 4 heteroatoms. The van der Waals surface area contributed by atoms with Gasteiger partial charge in [-0.3, -0.25) is 0 Å². The number of nitrogens with zero attached hydrogens (tertiary/aromatic N) is 2. The molecule has 0 bridgehead atoms. The lowest BCUT2D eigenvalue weighted by atomic mass is 10.1. The highest BCUT2D eigenvalue weighted by molar-refractivity contribution is 6.30. The van der Waals surface area contributed by atoms with E-state index in [1.165, 1.54) is 18.7 Å². The molecule has 2 nitrogen and oxygen atoms in total. The molecule has 14 heavy (non-hydrogen) atoms. The van der Waals surface area contributed by atoms with Crippen molar-refractivity contribution in [3.63, 3.8) is 0 Å². The first kappa shape index (κ1) is 9.71. The summed E-state index contributed by atoms with van der Waals surface area (Å²) in [4.78, 5) is 6.00. The SMILES string of the molecule is Fc1cc(Cl)cnc1N1CCCCC1. The van der Waals surface area contributed by atoms with E-state index in [2.05, 4.69) is 4.98 Å². The van der Waals surface area contributed by atoms with Crippen LogP contribution in [0.4, 0.5) is 10.2 Å². The third-order valence-corrected chi connectivity index (χ3v) is 2.65. The highest BCUT2D eigenvalue weighted by Crippen LogP contribution is 2.22. The Bertz CT molecular complexity index is 324. The molecule has 0 unspecified atom stereocenters. The molecular weight excluding hydrogens is 203 g/mol. The number of hydrogen-bond donors (Lipinski definition) is 0. The largest absolute Gasteiger partial charge is 0.354 e. The Morgan fingerprint density at radius 2 is 2.00 bits per heavy atom. The van der Waals surface area contributed by atoms with Crippen molar-refractivity contribution in [2.45, 2.75) is 19.3 Å². The van der Waals surface area contributed by atoms with Gasteiger partial charge < -0.3 is 4.90 Å². The number of anilines is 1. The van der Waals surface area contributed by atoms with Crippen molar-refractivity contribution in [2.75, 3.05) is 18.0 Å². The van der Waals surface area contributed by atoms with Crippen molar-refractivity contribution in [2.24, 2.45) is 0 Å². The van der Waals surface area contributed by atoms with Crippen LogP contribution in [0.1, 0.15) is 19.3 Å². The van der Waals surface area contributed by atoms with Gasteiger partial charge in [0.2, 0.25) is 0 Å². The molecule has 0 amide bonds. The molecule has 0 saturated carbocycles. The van der Waals surface area contributed by atoms with Crippen molar-refractivity contribution in [1.82, 2.24) is 4.98 Å². The first-order valence-corrected chi connectivity index (χ1v) is 5.21. The molecular formula is C10H12ClFN2. The number of pyridine rings is 1. The highest BCUT2D eigenvalue weighted by Gasteiger charge is 2.15. The second-order valence-corrected chi connectivity index (χ2v) is 3.94. The predicted octanol–water partition coefficient (Wildman–Crippen LogP) is 2.86.